The summed E-state index contributed by atoms with van der Waals surface area (Å²) in [4.78, 5) is 12.0. The van der Waals surface area contributed by atoms with E-state index >= 15 is 0 Å². The number of halogens is 2. The zero-order valence-corrected chi connectivity index (χ0v) is 18.5. The predicted octanol–water partition coefficient (Wildman–Crippen LogP) is 5.47. The highest BCUT2D eigenvalue weighted by molar-refractivity contribution is 7.85. The molecule has 0 radical (unpaired) electrons. The first-order valence-electron chi connectivity index (χ1n) is 9.39. The minimum absolute atomic E-state index is 0.213. The van der Waals surface area contributed by atoms with Gasteiger partial charge in [-0.25, -0.2) is 4.89 Å². The Hall–Kier alpha value is -1.73. The van der Waals surface area contributed by atoms with Crippen molar-refractivity contribution in [1.29, 1.82) is 0 Å². The lowest BCUT2D eigenvalue weighted by Gasteiger charge is -2.45. The lowest BCUT2D eigenvalue weighted by molar-refractivity contribution is -0.475. The van der Waals surface area contributed by atoms with Gasteiger partial charge in [-0.2, -0.15) is 4.89 Å². The average molecular weight is 463 g/mol. The number of benzene rings is 3. The smallest absolute Gasteiger partial charge is 0.211 e. The van der Waals surface area contributed by atoms with Crippen molar-refractivity contribution >= 4 is 34.0 Å². The molecule has 3 aromatic carbocycles. The lowest BCUT2D eigenvalue weighted by atomic mass is 9.80. The highest BCUT2D eigenvalue weighted by atomic mass is 35.5. The maximum atomic E-state index is 13.4. The van der Waals surface area contributed by atoms with E-state index in [0.717, 1.165) is 11.1 Å². The van der Waals surface area contributed by atoms with Crippen LogP contribution in [0.4, 0.5) is 0 Å². The predicted molar refractivity (Wildman–Crippen MR) is 118 cm³/mol. The Kier molecular flexibility index (Phi) is 6.04. The van der Waals surface area contributed by atoms with Crippen molar-refractivity contribution in [3.8, 4) is 0 Å². The largest absolute Gasteiger partial charge is 0.363 e. The molecule has 0 saturated carbocycles. The molecule has 3 aromatic rings. The molecule has 3 unspecified atom stereocenters. The van der Waals surface area contributed by atoms with Gasteiger partial charge in [0.15, 0.2) is 5.60 Å². The van der Waals surface area contributed by atoms with Gasteiger partial charge in [0.05, 0.1) is 16.0 Å². The van der Waals surface area contributed by atoms with Crippen LogP contribution in [0.2, 0.25) is 10.0 Å². The minimum atomic E-state index is -1.75. The summed E-state index contributed by atoms with van der Waals surface area (Å²) < 4.78 is 13.4. The molecule has 4 nitrogen and oxygen atoms in total. The highest BCUT2D eigenvalue weighted by Gasteiger charge is 2.53. The van der Waals surface area contributed by atoms with Crippen LogP contribution in [0.1, 0.15) is 24.5 Å². The first kappa shape index (κ1) is 21.5. The van der Waals surface area contributed by atoms with Crippen LogP contribution in [0.5, 0.6) is 0 Å². The second kappa shape index (κ2) is 8.42. The summed E-state index contributed by atoms with van der Waals surface area (Å²) in [6.07, 6.45) is 0.213. The summed E-state index contributed by atoms with van der Waals surface area (Å²) in [5, 5.41) is 11.3. The quantitative estimate of drug-likeness (QED) is 0.521. The molecule has 1 saturated heterocycles. The van der Waals surface area contributed by atoms with Crippen LogP contribution < -0.4 is 0 Å². The molecule has 1 aliphatic rings. The van der Waals surface area contributed by atoms with Crippen molar-refractivity contribution in [1.82, 2.24) is 0 Å². The molecular weight excluding hydrogens is 443 g/mol. The van der Waals surface area contributed by atoms with Gasteiger partial charge in [0.25, 0.3) is 0 Å². The van der Waals surface area contributed by atoms with Crippen molar-refractivity contribution in [2.75, 3.05) is 0 Å². The van der Waals surface area contributed by atoms with Crippen molar-refractivity contribution in [2.45, 2.75) is 34.9 Å². The number of hydrogen-bond donors (Lipinski definition) is 1. The molecule has 1 heterocycles. The summed E-state index contributed by atoms with van der Waals surface area (Å²) in [5.41, 5.74) is 0.423. The molecule has 3 atom stereocenters. The van der Waals surface area contributed by atoms with Crippen LogP contribution in [0, 0.1) is 0 Å². The van der Waals surface area contributed by atoms with Gasteiger partial charge in [0.2, 0.25) is 5.79 Å². The monoisotopic (exact) mass is 462 g/mol. The van der Waals surface area contributed by atoms with Crippen molar-refractivity contribution in [2.24, 2.45) is 0 Å². The number of hydrogen-bond acceptors (Lipinski definition) is 4. The fourth-order valence-electron chi connectivity index (χ4n) is 3.62. The van der Waals surface area contributed by atoms with Crippen LogP contribution in [0.15, 0.2) is 83.8 Å². The van der Waals surface area contributed by atoms with E-state index < -0.39 is 27.4 Å². The Morgan fingerprint density at radius 2 is 1.37 bits per heavy atom. The summed E-state index contributed by atoms with van der Waals surface area (Å²) >= 11 is 12.2. The molecule has 30 heavy (non-hydrogen) atoms. The van der Waals surface area contributed by atoms with Crippen LogP contribution >= 0.6 is 23.2 Å². The van der Waals surface area contributed by atoms with E-state index in [-0.39, 0.29) is 6.42 Å². The first-order valence-corrected chi connectivity index (χ1v) is 11.4. The maximum Gasteiger partial charge on any atom is 0.211 e. The Morgan fingerprint density at radius 3 is 1.87 bits per heavy atom. The fraction of sp³-hybridized carbons (Fsp3) is 0.217. The standard InChI is InChI=1S/C23H20Cl2O4S/c1-22(26)21(30(27)20-5-3-2-4-6-20)15-23(29-28-22,16-7-11-18(24)12-8-16)17-9-13-19(25)14-10-17/h2-14,21,26H,15H2,1H3. The third-order valence-electron chi connectivity index (χ3n) is 5.28. The molecule has 0 bridgehead atoms. The van der Waals surface area contributed by atoms with E-state index in [1.54, 1.807) is 36.4 Å². The molecule has 1 aliphatic heterocycles. The molecule has 1 fully saturated rings. The Labute approximate surface area is 187 Å². The van der Waals surface area contributed by atoms with Crippen LogP contribution in [0.3, 0.4) is 0 Å². The second-order valence-electron chi connectivity index (χ2n) is 7.37. The van der Waals surface area contributed by atoms with Crippen LogP contribution in [0.25, 0.3) is 0 Å². The lowest BCUT2D eigenvalue weighted by Crippen LogP contribution is -2.55. The summed E-state index contributed by atoms with van der Waals surface area (Å²) in [7, 11) is -1.55. The van der Waals surface area contributed by atoms with Gasteiger partial charge in [-0.1, -0.05) is 65.7 Å². The topological polar surface area (TPSA) is 55.8 Å². The average Bonchev–Trinajstić information content (AvgIpc) is 2.75. The van der Waals surface area contributed by atoms with Gasteiger partial charge in [-0.3, -0.25) is 4.21 Å². The van der Waals surface area contributed by atoms with Crippen molar-refractivity contribution in [3.63, 3.8) is 0 Å². The van der Waals surface area contributed by atoms with Gasteiger partial charge in [-0.05, 0) is 54.4 Å². The SMILES string of the molecule is CC1(O)OOC(c2ccc(Cl)cc2)(c2ccc(Cl)cc2)CC1S(=O)c1ccccc1. The van der Waals surface area contributed by atoms with E-state index in [1.165, 1.54) is 6.92 Å². The zero-order chi connectivity index (χ0) is 21.4. The third-order valence-corrected chi connectivity index (χ3v) is 7.64. The molecule has 4 rings (SSSR count). The number of aliphatic hydroxyl groups is 1. The fourth-order valence-corrected chi connectivity index (χ4v) is 5.45. The first-order chi connectivity index (χ1) is 14.3. The molecule has 0 aliphatic carbocycles. The summed E-state index contributed by atoms with van der Waals surface area (Å²) in [5.74, 6) is -1.75. The highest BCUT2D eigenvalue weighted by Crippen LogP contribution is 2.47. The van der Waals surface area contributed by atoms with E-state index in [2.05, 4.69) is 0 Å². The Morgan fingerprint density at radius 1 is 0.867 bits per heavy atom. The van der Waals surface area contributed by atoms with E-state index in [1.807, 2.05) is 42.5 Å². The Balaban J connectivity index is 1.83. The second-order valence-corrected chi connectivity index (χ2v) is 9.87. The van der Waals surface area contributed by atoms with Gasteiger partial charge >= 0.3 is 0 Å². The zero-order valence-electron chi connectivity index (χ0n) is 16.1. The third kappa shape index (κ3) is 4.06. The van der Waals surface area contributed by atoms with Gasteiger partial charge in [-0.15, -0.1) is 0 Å². The molecule has 1 N–H and O–H groups in total. The maximum absolute atomic E-state index is 13.4. The molecule has 0 amide bonds. The van der Waals surface area contributed by atoms with E-state index in [0.29, 0.717) is 14.9 Å². The molecule has 7 heteroatoms. The van der Waals surface area contributed by atoms with E-state index in [9.17, 15) is 9.32 Å². The minimum Gasteiger partial charge on any atom is -0.363 e. The molecule has 0 aromatic heterocycles. The van der Waals surface area contributed by atoms with Crippen molar-refractivity contribution < 1.29 is 19.1 Å². The normalized spacial score (nSPS) is 24.3. The molecular formula is C23H20Cl2O4S. The van der Waals surface area contributed by atoms with Crippen molar-refractivity contribution in [3.05, 3.63) is 100 Å². The summed E-state index contributed by atoms with van der Waals surface area (Å²) in [6.45, 7) is 1.46. The van der Waals surface area contributed by atoms with E-state index in [4.69, 9.17) is 33.0 Å². The molecule has 0 spiro atoms. The Bertz CT molecular complexity index is 992. The van der Waals surface area contributed by atoms with Gasteiger partial charge in [0, 0.05) is 21.4 Å². The number of rotatable bonds is 4. The molecule has 156 valence electrons. The van der Waals surface area contributed by atoms with Gasteiger partial charge in [0.1, 0.15) is 0 Å². The van der Waals surface area contributed by atoms with Crippen LogP contribution in [-0.2, 0) is 26.2 Å². The van der Waals surface area contributed by atoms with Crippen LogP contribution in [-0.4, -0.2) is 20.4 Å². The summed E-state index contributed by atoms with van der Waals surface area (Å²) in [6, 6.07) is 23.4. The van der Waals surface area contributed by atoms with Gasteiger partial charge < -0.3 is 5.11 Å².